The quantitative estimate of drug-likeness (QED) is 0.370. The molecule has 0 aliphatic carbocycles. The van der Waals surface area contributed by atoms with E-state index in [1.54, 1.807) is 24.3 Å². The topological polar surface area (TPSA) is 127 Å². The van der Waals surface area contributed by atoms with Crippen molar-refractivity contribution >= 4 is 23.4 Å². The van der Waals surface area contributed by atoms with Crippen molar-refractivity contribution in [3.8, 4) is 45.4 Å². The number of nitrogens with zero attached hydrogens (tertiary/aromatic N) is 2. The molecule has 0 saturated heterocycles. The number of nitrogens with two attached hydrogens (primary N) is 1. The van der Waals surface area contributed by atoms with E-state index >= 15 is 0 Å². The van der Waals surface area contributed by atoms with Crippen LogP contribution < -0.4 is 30.0 Å². The van der Waals surface area contributed by atoms with Crippen molar-refractivity contribution in [3.63, 3.8) is 0 Å². The van der Waals surface area contributed by atoms with Gasteiger partial charge < -0.3 is 34.7 Å². The average Bonchev–Trinajstić information content (AvgIpc) is 2.96. The van der Waals surface area contributed by atoms with Gasteiger partial charge >= 0.3 is 5.97 Å². The summed E-state index contributed by atoms with van der Waals surface area (Å²) < 4.78 is 27.6. The fourth-order valence-corrected chi connectivity index (χ4v) is 4.36. The molecule has 3 N–H and O–H groups in total. The molecule has 10 nitrogen and oxygen atoms in total. The van der Waals surface area contributed by atoms with E-state index in [-0.39, 0.29) is 5.82 Å². The van der Waals surface area contributed by atoms with E-state index in [9.17, 15) is 4.79 Å². The Morgan fingerprint density at radius 2 is 1.39 bits per heavy atom. The van der Waals surface area contributed by atoms with Crippen LogP contribution in [-0.4, -0.2) is 49.5 Å². The van der Waals surface area contributed by atoms with Crippen molar-refractivity contribution in [3.05, 3.63) is 66.2 Å². The first kappa shape index (κ1) is 23.4. The number of hydrogen-bond acceptors (Lipinski definition) is 10. The number of nitrogens with one attached hydrogen (secondary N) is 1. The molecule has 0 fully saturated rings. The molecule has 0 bridgehead atoms. The van der Waals surface area contributed by atoms with Gasteiger partial charge in [0.2, 0.25) is 5.95 Å². The van der Waals surface area contributed by atoms with Crippen molar-refractivity contribution in [2.75, 3.05) is 44.6 Å². The van der Waals surface area contributed by atoms with E-state index < -0.39 is 5.97 Å². The number of rotatable bonds is 5. The number of ether oxygens (including phenoxy) is 5. The molecule has 1 aromatic heterocycles. The first-order valence-electron chi connectivity index (χ1n) is 12.0. The Balaban J connectivity index is 1.44. The standard InChI is InChI=1S/C28H24N4O6/c1-34-27(33)17-4-2-16(3-5-17)24-25(18-6-8-20-22(14-18)37-12-10-35-20)31-28(32-26(24)29)30-19-7-9-21-23(15-19)38-13-11-36-21/h2-9,14-15H,10-13H2,1H3,(H3,29,30,31,32). The first-order valence-corrected chi connectivity index (χ1v) is 12.0. The van der Waals surface area contributed by atoms with Crippen molar-refractivity contribution < 1.29 is 28.5 Å². The molecule has 6 rings (SSSR count). The van der Waals surface area contributed by atoms with Crippen LogP contribution in [0.4, 0.5) is 17.5 Å². The molecule has 3 aromatic carbocycles. The van der Waals surface area contributed by atoms with Gasteiger partial charge in [0, 0.05) is 17.3 Å². The molecule has 0 atom stereocenters. The summed E-state index contributed by atoms with van der Waals surface area (Å²) in [7, 11) is 1.34. The van der Waals surface area contributed by atoms with Crippen LogP contribution in [0.3, 0.4) is 0 Å². The van der Waals surface area contributed by atoms with Crippen molar-refractivity contribution in [1.29, 1.82) is 0 Å². The van der Waals surface area contributed by atoms with Crippen LogP contribution in [0.2, 0.25) is 0 Å². The van der Waals surface area contributed by atoms with Crippen molar-refractivity contribution in [1.82, 2.24) is 9.97 Å². The normalized spacial score (nSPS) is 13.5. The second kappa shape index (κ2) is 9.81. The largest absolute Gasteiger partial charge is 0.486 e. The number of carbonyl (C=O) groups is 1. The van der Waals surface area contributed by atoms with E-state index in [0.29, 0.717) is 72.2 Å². The highest BCUT2D eigenvalue weighted by Crippen LogP contribution is 2.40. The Labute approximate surface area is 218 Å². The number of methoxy groups -OCH3 is 1. The number of fused-ring (bicyclic) bond motifs is 2. The van der Waals surface area contributed by atoms with Gasteiger partial charge in [-0.1, -0.05) is 12.1 Å². The van der Waals surface area contributed by atoms with E-state index in [2.05, 4.69) is 10.3 Å². The molecular formula is C28H24N4O6. The average molecular weight is 513 g/mol. The zero-order valence-electron chi connectivity index (χ0n) is 20.5. The Hall–Kier alpha value is -4.99. The number of anilines is 3. The van der Waals surface area contributed by atoms with Gasteiger partial charge in [-0.25, -0.2) is 9.78 Å². The molecule has 0 radical (unpaired) electrons. The summed E-state index contributed by atoms with van der Waals surface area (Å²) in [6, 6.07) is 18.1. The summed E-state index contributed by atoms with van der Waals surface area (Å²) in [6.45, 7) is 1.95. The second-order valence-electron chi connectivity index (χ2n) is 8.57. The molecule has 3 heterocycles. The number of nitrogen functional groups attached to an aromatic ring is 1. The van der Waals surface area contributed by atoms with Crippen LogP contribution in [0.15, 0.2) is 60.7 Å². The summed E-state index contributed by atoms with van der Waals surface area (Å²) in [6.07, 6.45) is 0. The number of benzene rings is 3. The van der Waals surface area contributed by atoms with Crippen LogP contribution in [0.5, 0.6) is 23.0 Å². The Morgan fingerprint density at radius 3 is 2.08 bits per heavy atom. The van der Waals surface area contributed by atoms with Gasteiger partial charge in [0.1, 0.15) is 32.2 Å². The maximum absolute atomic E-state index is 11.9. The number of hydrogen-bond donors (Lipinski definition) is 2. The van der Waals surface area contributed by atoms with Gasteiger partial charge in [-0.05, 0) is 48.0 Å². The smallest absolute Gasteiger partial charge is 0.337 e. The van der Waals surface area contributed by atoms with Crippen LogP contribution >= 0.6 is 0 Å². The van der Waals surface area contributed by atoms with Crippen LogP contribution in [0.1, 0.15) is 10.4 Å². The molecule has 4 aromatic rings. The molecule has 0 unspecified atom stereocenters. The zero-order chi connectivity index (χ0) is 26.1. The predicted octanol–water partition coefficient (Wildman–Crippen LogP) is 4.47. The zero-order valence-corrected chi connectivity index (χ0v) is 20.5. The third-order valence-electron chi connectivity index (χ3n) is 6.15. The first-order chi connectivity index (χ1) is 18.6. The van der Waals surface area contributed by atoms with Gasteiger partial charge in [-0.2, -0.15) is 4.98 Å². The minimum Gasteiger partial charge on any atom is -0.486 e. The lowest BCUT2D eigenvalue weighted by Gasteiger charge is -2.20. The maximum atomic E-state index is 11.9. The number of aromatic nitrogens is 2. The molecule has 0 amide bonds. The van der Waals surface area contributed by atoms with Crippen molar-refractivity contribution in [2.45, 2.75) is 0 Å². The minimum absolute atomic E-state index is 0.260. The molecule has 2 aliphatic rings. The van der Waals surface area contributed by atoms with Crippen LogP contribution in [0.25, 0.3) is 22.4 Å². The SMILES string of the molecule is COC(=O)c1ccc(-c2c(N)nc(Nc3ccc4c(c3)OCCO4)nc2-c2ccc3c(c2)OCCO3)cc1. The summed E-state index contributed by atoms with van der Waals surface area (Å²) >= 11 is 0. The highest BCUT2D eigenvalue weighted by molar-refractivity contribution is 5.92. The number of esters is 1. The maximum Gasteiger partial charge on any atom is 0.337 e. The highest BCUT2D eigenvalue weighted by Gasteiger charge is 2.21. The molecular weight excluding hydrogens is 488 g/mol. The summed E-state index contributed by atoms with van der Waals surface area (Å²) in [5.41, 5.74) is 10.4. The summed E-state index contributed by atoms with van der Waals surface area (Å²) in [4.78, 5) is 21.3. The Morgan fingerprint density at radius 1 is 0.789 bits per heavy atom. The monoisotopic (exact) mass is 512 g/mol. The second-order valence-corrected chi connectivity index (χ2v) is 8.57. The van der Waals surface area contributed by atoms with E-state index in [1.807, 2.05) is 36.4 Å². The third-order valence-corrected chi connectivity index (χ3v) is 6.15. The van der Waals surface area contributed by atoms with Gasteiger partial charge in [-0.3, -0.25) is 0 Å². The van der Waals surface area contributed by atoms with E-state index in [0.717, 1.165) is 16.8 Å². The van der Waals surface area contributed by atoms with Gasteiger partial charge in [0.25, 0.3) is 0 Å². The van der Waals surface area contributed by atoms with Crippen molar-refractivity contribution in [2.24, 2.45) is 0 Å². The molecule has 0 spiro atoms. The summed E-state index contributed by atoms with van der Waals surface area (Å²) in [5, 5.41) is 3.22. The molecule has 192 valence electrons. The molecule has 10 heteroatoms. The molecule has 38 heavy (non-hydrogen) atoms. The Bertz CT molecular complexity index is 1520. The fraction of sp³-hybridized carbons (Fsp3) is 0.179. The van der Waals surface area contributed by atoms with Gasteiger partial charge in [0.15, 0.2) is 23.0 Å². The lowest BCUT2D eigenvalue weighted by molar-refractivity contribution is 0.0600. The number of carbonyl (C=O) groups excluding carboxylic acids is 1. The third kappa shape index (κ3) is 4.47. The van der Waals surface area contributed by atoms with Gasteiger partial charge in [-0.15, -0.1) is 0 Å². The van der Waals surface area contributed by atoms with E-state index in [4.69, 9.17) is 34.4 Å². The minimum atomic E-state index is -0.424. The summed E-state index contributed by atoms with van der Waals surface area (Å²) in [5.74, 6) is 2.76. The molecule has 0 saturated carbocycles. The Kier molecular flexibility index (Phi) is 6.04. The lowest BCUT2D eigenvalue weighted by atomic mass is 9.98. The van der Waals surface area contributed by atoms with Gasteiger partial charge in [0.05, 0.1) is 23.9 Å². The molecule has 2 aliphatic heterocycles. The fourth-order valence-electron chi connectivity index (χ4n) is 4.36. The van der Waals surface area contributed by atoms with Crippen LogP contribution in [0, 0.1) is 0 Å². The predicted molar refractivity (Wildman–Crippen MR) is 140 cm³/mol. The van der Waals surface area contributed by atoms with E-state index in [1.165, 1.54) is 7.11 Å². The lowest BCUT2D eigenvalue weighted by Crippen LogP contribution is -2.15. The van der Waals surface area contributed by atoms with Crippen LogP contribution in [-0.2, 0) is 4.74 Å². The highest BCUT2D eigenvalue weighted by atomic mass is 16.6.